The van der Waals surface area contributed by atoms with Crippen molar-refractivity contribution in [2.24, 2.45) is 0 Å². The summed E-state index contributed by atoms with van der Waals surface area (Å²) in [6.07, 6.45) is 2.16. The summed E-state index contributed by atoms with van der Waals surface area (Å²) in [5.41, 5.74) is 0.566. The molecular formula is C12H23N5O2S. The van der Waals surface area contributed by atoms with E-state index in [1.165, 1.54) is 6.20 Å². The van der Waals surface area contributed by atoms with Crippen LogP contribution in [0.2, 0.25) is 0 Å². The largest absolute Gasteiger partial charge is 0.304 e. The molecule has 1 saturated heterocycles. The summed E-state index contributed by atoms with van der Waals surface area (Å²) in [7, 11) is -1.31. The van der Waals surface area contributed by atoms with Crippen molar-refractivity contribution in [1.82, 2.24) is 24.7 Å². The van der Waals surface area contributed by atoms with Gasteiger partial charge in [-0.2, -0.15) is 5.10 Å². The van der Waals surface area contributed by atoms with Gasteiger partial charge in [-0.3, -0.25) is 5.10 Å². The van der Waals surface area contributed by atoms with Gasteiger partial charge >= 0.3 is 0 Å². The van der Waals surface area contributed by atoms with Gasteiger partial charge in [0, 0.05) is 32.7 Å². The molecule has 0 radical (unpaired) electrons. The fourth-order valence-electron chi connectivity index (χ4n) is 2.27. The lowest BCUT2D eigenvalue weighted by atomic mass is 10.3. The Bertz CT molecular complexity index is 520. The van der Waals surface area contributed by atoms with Crippen LogP contribution in [0.4, 0.5) is 0 Å². The molecule has 0 aliphatic carbocycles. The molecule has 1 aromatic rings. The molecule has 1 aromatic heterocycles. The first-order valence-corrected chi connectivity index (χ1v) is 8.38. The molecule has 0 unspecified atom stereocenters. The zero-order chi connectivity index (χ0) is 14.6. The quantitative estimate of drug-likeness (QED) is 0.701. The summed E-state index contributed by atoms with van der Waals surface area (Å²) >= 11 is 0. The normalized spacial score (nSPS) is 18.5. The maximum atomic E-state index is 12.0. The first-order chi connectivity index (χ1) is 9.49. The molecule has 1 fully saturated rings. The maximum absolute atomic E-state index is 12.0. The van der Waals surface area contributed by atoms with Crippen molar-refractivity contribution in [1.29, 1.82) is 0 Å². The van der Waals surface area contributed by atoms with E-state index in [1.54, 1.807) is 6.92 Å². The van der Waals surface area contributed by atoms with Crippen LogP contribution in [-0.4, -0.2) is 74.7 Å². The van der Waals surface area contributed by atoms with E-state index in [2.05, 4.69) is 31.8 Å². The van der Waals surface area contributed by atoms with Crippen molar-refractivity contribution in [3.8, 4) is 0 Å². The highest BCUT2D eigenvalue weighted by molar-refractivity contribution is 7.89. The van der Waals surface area contributed by atoms with Gasteiger partial charge in [0.1, 0.15) is 4.90 Å². The van der Waals surface area contributed by atoms with Gasteiger partial charge in [-0.1, -0.05) is 0 Å². The number of hydrogen-bond acceptors (Lipinski definition) is 5. The highest BCUT2D eigenvalue weighted by Crippen LogP contribution is 2.10. The molecule has 0 aromatic carbocycles. The van der Waals surface area contributed by atoms with Gasteiger partial charge in [0.05, 0.1) is 11.9 Å². The van der Waals surface area contributed by atoms with Gasteiger partial charge in [-0.15, -0.1) is 0 Å². The third-order valence-corrected chi connectivity index (χ3v) is 5.19. The number of aryl methyl sites for hydroxylation is 1. The maximum Gasteiger partial charge on any atom is 0.243 e. The standard InChI is InChI=1S/C12H23N5O2S/c1-11-12(10-13-15-11)20(18,19)14-4-3-5-17-8-6-16(2)7-9-17/h10,14H,3-9H2,1-2H3,(H,13,15). The van der Waals surface area contributed by atoms with E-state index in [4.69, 9.17) is 0 Å². The average molecular weight is 301 g/mol. The van der Waals surface area contributed by atoms with Gasteiger partial charge in [-0.25, -0.2) is 13.1 Å². The van der Waals surface area contributed by atoms with Gasteiger partial charge in [0.15, 0.2) is 0 Å². The molecule has 8 heteroatoms. The second-order valence-corrected chi connectivity index (χ2v) is 6.99. The van der Waals surface area contributed by atoms with Crippen molar-refractivity contribution < 1.29 is 8.42 Å². The van der Waals surface area contributed by atoms with Crippen LogP contribution in [0, 0.1) is 6.92 Å². The first kappa shape index (κ1) is 15.4. The smallest absolute Gasteiger partial charge is 0.243 e. The SMILES string of the molecule is Cc1[nH]ncc1S(=O)(=O)NCCCN1CCN(C)CC1. The third-order valence-electron chi connectivity index (χ3n) is 3.61. The zero-order valence-corrected chi connectivity index (χ0v) is 12.9. The van der Waals surface area contributed by atoms with Crippen molar-refractivity contribution in [3.63, 3.8) is 0 Å². The zero-order valence-electron chi connectivity index (χ0n) is 12.1. The Balaban J connectivity index is 1.72. The average Bonchev–Trinajstić information content (AvgIpc) is 2.84. The topological polar surface area (TPSA) is 81.3 Å². The number of aromatic nitrogens is 2. The summed E-state index contributed by atoms with van der Waals surface area (Å²) in [5, 5.41) is 6.38. The molecule has 0 bridgehead atoms. The van der Waals surface area contributed by atoms with Gasteiger partial charge in [0.2, 0.25) is 10.0 Å². The fraction of sp³-hybridized carbons (Fsp3) is 0.750. The molecule has 0 spiro atoms. The number of piperazine rings is 1. The molecular weight excluding hydrogens is 278 g/mol. The summed E-state index contributed by atoms with van der Waals surface area (Å²) in [5.74, 6) is 0. The van der Waals surface area contributed by atoms with Crippen LogP contribution in [0.3, 0.4) is 0 Å². The van der Waals surface area contributed by atoms with E-state index in [1.807, 2.05) is 0 Å². The van der Waals surface area contributed by atoms with Gasteiger partial charge in [0.25, 0.3) is 0 Å². The lowest BCUT2D eigenvalue weighted by Crippen LogP contribution is -2.45. The molecule has 0 saturated carbocycles. The van der Waals surface area contributed by atoms with Crippen LogP contribution in [0.1, 0.15) is 12.1 Å². The summed E-state index contributed by atoms with van der Waals surface area (Å²) in [6.45, 7) is 7.37. The lowest BCUT2D eigenvalue weighted by molar-refractivity contribution is 0.153. The highest BCUT2D eigenvalue weighted by Gasteiger charge is 2.18. The van der Waals surface area contributed by atoms with E-state index < -0.39 is 10.0 Å². The van der Waals surface area contributed by atoms with E-state index in [9.17, 15) is 8.42 Å². The van der Waals surface area contributed by atoms with Crippen molar-refractivity contribution >= 4 is 10.0 Å². The number of likely N-dealkylation sites (N-methyl/N-ethyl adjacent to an activating group) is 1. The Morgan fingerprint density at radius 3 is 2.65 bits per heavy atom. The summed E-state index contributed by atoms with van der Waals surface area (Å²) in [6, 6.07) is 0. The number of sulfonamides is 1. The summed E-state index contributed by atoms with van der Waals surface area (Å²) in [4.78, 5) is 4.91. The van der Waals surface area contributed by atoms with Crippen molar-refractivity contribution in [3.05, 3.63) is 11.9 Å². The van der Waals surface area contributed by atoms with E-state index >= 15 is 0 Å². The van der Waals surface area contributed by atoms with Crippen LogP contribution in [-0.2, 0) is 10.0 Å². The van der Waals surface area contributed by atoms with E-state index in [-0.39, 0.29) is 4.90 Å². The fourth-order valence-corrected chi connectivity index (χ4v) is 3.48. The number of nitrogens with one attached hydrogen (secondary N) is 2. The number of rotatable bonds is 6. The second kappa shape index (κ2) is 6.66. The highest BCUT2D eigenvalue weighted by atomic mass is 32.2. The van der Waals surface area contributed by atoms with E-state index in [0.29, 0.717) is 12.2 Å². The predicted molar refractivity (Wildman–Crippen MR) is 77.1 cm³/mol. The molecule has 0 amide bonds. The number of H-pyrrole nitrogens is 1. The van der Waals surface area contributed by atoms with Crippen LogP contribution in [0.25, 0.3) is 0 Å². The number of nitrogens with zero attached hydrogens (tertiary/aromatic N) is 3. The Kier molecular flexibility index (Phi) is 5.14. The van der Waals surface area contributed by atoms with Gasteiger partial charge in [-0.05, 0) is 26.9 Å². The van der Waals surface area contributed by atoms with Crippen LogP contribution >= 0.6 is 0 Å². The predicted octanol–water partition coefficient (Wildman–Crippen LogP) is -0.366. The second-order valence-electron chi connectivity index (χ2n) is 5.26. The number of aromatic amines is 1. The van der Waals surface area contributed by atoms with Crippen LogP contribution in [0.5, 0.6) is 0 Å². The Morgan fingerprint density at radius 2 is 2.05 bits per heavy atom. The molecule has 7 nitrogen and oxygen atoms in total. The first-order valence-electron chi connectivity index (χ1n) is 6.89. The minimum absolute atomic E-state index is 0.233. The number of hydrogen-bond donors (Lipinski definition) is 2. The van der Waals surface area contributed by atoms with Crippen LogP contribution < -0.4 is 4.72 Å². The molecule has 2 rings (SSSR count). The lowest BCUT2D eigenvalue weighted by Gasteiger charge is -2.32. The Hall–Kier alpha value is -0.960. The molecule has 114 valence electrons. The minimum atomic E-state index is -3.43. The molecule has 1 aliphatic rings. The minimum Gasteiger partial charge on any atom is -0.304 e. The molecule has 2 heterocycles. The van der Waals surface area contributed by atoms with E-state index in [0.717, 1.165) is 39.1 Å². The molecule has 2 N–H and O–H groups in total. The van der Waals surface area contributed by atoms with Crippen molar-refractivity contribution in [2.45, 2.75) is 18.2 Å². The monoisotopic (exact) mass is 301 g/mol. The molecule has 20 heavy (non-hydrogen) atoms. The third kappa shape index (κ3) is 4.02. The Morgan fingerprint density at radius 1 is 1.35 bits per heavy atom. The summed E-state index contributed by atoms with van der Waals surface area (Å²) < 4.78 is 26.7. The van der Waals surface area contributed by atoms with Crippen LogP contribution in [0.15, 0.2) is 11.1 Å². The van der Waals surface area contributed by atoms with Gasteiger partial charge < -0.3 is 9.80 Å². The molecule has 1 aliphatic heterocycles. The van der Waals surface area contributed by atoms with Crippen molar-refractivity contribution in [2.75, 3.05) is 46.3 Å². The Labute approximate surface area is 120 Å². The molecule has 0 atom stereocenters.